The van der Waals surface area contributed by atoms with Gasteiger partial charge in [0.2, 0.25) is 5.89 Å². The van der Waals surface area contributed by atoms with Crippen LogP contribution < -0.4 is 5.73 Å². The van der Waals surface area contributed by atoms with Gasteiger partial charge in [-0.05, 0) is 19.4 Å². The predicted molar refractivity (Wildman–Crippen MR) is 65.6 cm³/mol. The quantitative estimate of drug-likeness (QED) is 0.872. The number of nitrogens with zero attached hydrogens (tertiary/aromatic N) is 2. The summed E-state index contributed by atoms with van der Waals surface area (Å²) < 4.78 is 5.13. The number of aryl methyl sites for hydroxylation is 1. The van der Waals surface area contributed by atoms with Crippen molar-refractivity contribution in [2.45, 2.75) is 32.7 Å². The molecule has 1 atom stereocenters. The van der Waals surface area contributed by atoms with Crippen molar-refractivity contribution in [3.63, 3.8) is 0 Å². The molecular weight excluding hydrogens is 214 g/mol. The van der Waals surface area contributed by atoms with E-state index in [0.717, 1.165) is 0 Å². The summed E-state index contributed by atoms with van der Waals surface area (Å²) >= 11 is 0. The summed E-state index contributed by atoms with van der Waals surface area (Å²) in [7, 11) is 0. The Balaban J connectivity index is 2.03. The van der Waals surface area contributed by atoms with E-state index in [1.165, 1.54) is 11.1 Å². The maximum absolute atomic E-state index is 5.68. The molecule has 2 rings (SSSR count). The molecule has 2 N–H and O–H groups in total. The van der Waals surface area contributed by atoms with Crippen LogP contribution in [-0.4, -0.2) is 16.2 Å². The molecule has 1 aromatic heterocycles. The summed E-state index contributed by atoms with van der Waals surface area (Å²) in [5.41, 5.74) is 8.11. The van der Waals surface area contributed by atoms with Crippen LogP contribution in [0.15, 0.2) is 28.8 Å². The van der Waals surface area contributed by atoms with Gasteiger partial charge in [0, 0.05) is 18.9 Å². The van der Waals surface area contributed by atoms with E-state index in [0.29, 0.717) is 24.6 Å². The van der Waals surface area contributed by atoms with Crippen molar-refractivity contribution in [2.24, 2.45) is 5.73 Å². The Hall–Kier alpha value is -1.68. The zero-order valence-corrected chi connectivity index (χ0v) is 10.2. The molecule has 4 nitrogen and oxygen atoms in total. The second-order valence-corrected chi connectivity index (χ2v) is 4.45. The smallest absolute Gasteiger partial charge is 0.228 e. The summed E-state index contributed by atoms with van der Waals surface area (Å²) in [4.78, 5) is 4.31. The van der Waals surface area contributed by atoms with Crippen LogP contribution in [0.4, 0.5) is 0 Å². The van der Waals surface area contributed by atoms with Crippen molar-refractivity contribution in [3.8, 4) is 0 Å². The minimum absolute atomic E-state index is 0.0441. The molecule has 0 amide bonds. The number of benzene rings is 1. The average molecular weight is 231 g/mol. The molecule has 4 heteroatoms. The largest absolute Gasteiger partial charge is 0.339 e. The Labute approximate surface area is 101 Å². The van der Waals surface area contributed by atoms with Crippen LogP contribution in [0.1, 0.15) is 29.8 Å². The van der Waals surface area contributed by atoms with Crippen LogP contribution in [0, 0.1) is 6.92 Å². The van der Waals surface area contributed by atoms with Gasteiger partial charge < -0.3 is 10.3 Å². The lowest BCUT2D eigenvalue weighted by molar-refractivity contribution is 0.367. The Morgan fingerprint density at radius 1 is 1.29 bits per heavy atom. The third-order valence-corrected chi connectivity index (χ3v) is 2.49. The van der Waals surface area contributed by atoms with E-state index >= 15 is 0 Å². The number of nitrogens with two attached hydrogens (primary N) is 1. The Kier molecular flexibility index (Phi) is 3.54. The van der Waals surface area contributed by atoms with Crippen molar-refractivity contribution in [1.29, 1.82) is 0 Å². The molecule has 0 aliphatic heterocycles. The van der Waals surface area contributed by atoms with Crippen LogP contribution in [-0.2, 0) is 12.8 Å². The van der Waals surface area contributed by atoms with Crippen LogP contribution in [0.2, 0.25) is 0 Å². The summed E-state index contributed by atoms with van der Waals surface area (Å²) in [6.07, 6.45) is 1.32. The molecule has 0 aliphatic carbocycles. The van der Waals surface area contributed by atoms with Crippen molar-refractivity contribution in [2.75, 3.05) is 0 Å². The second-order valence-electron chi connectivity index (χ2n) is 4.45. The van der Waals surface area contributed by atoms with Crippen molar-refractivity contribution >= 4 is 0 Å². The lowest BCUT2D eigenvalue weighted by atomic mass is 10.1. The maximum Gasteiger partial charge on any atom is 0.228 e. The third-order valence-electron chi connectivity index (χ3n) is 2.49. The number of hydrogen-bond donors (Lipinski definition) is 1. The molecule has 1 heterocycles. The highest BCUT2D eigenvalue weighted by Gasteiger charge is 2.08. The maximum atomic E-state index is 5.68. The van der Waals surface area contributed by atoms with Gasteiger partial charge in [-0.2, -0.15) is 4.98 Å². The van der Waals surface area contributed by atoms with Crippen LogP contribution >= 0.6 is 0 Å². The first-order valence-electron chi connectivity index (χ1n) is 5.76. The topological polar surface area (TPSA) is 64.9 Å². The summed E-state index contributed by atoms with van der Waals surface area (Å²) in [5, 5.41) is 3.95. The minimum atomic E-state index is 0.0441. The molecule has 90 valence electrons. The zero-order chi connectivity index (χ0) is 12.3. The fraction of sp³-hybridized carbons (Fsp3) is 0.385. The van der Waals surface area contributed by atoms with Crippen molar-refractivity contribution in [1.82, 2.24) is 10.1 Å². The predicted octanol–water partition coefficient (Wildman–Crippen LogP) is 1.86. The highest BCUT2D eigenvalue weighted by atomic mass is 16.5. The Morgan fingerprint density at radius 3 is 2.65 bits per heavy atom. The van der Waals surface area contributed by atoms with Gasteiger partial charge in [-0.15, -0.1) is 0 Å². The molecular formula is C13H17N3O. The highest BCUT2D eigenvalue weighted by Crippen LogP contribution is 2.09. The van der Waals surface area contributed by atoms with E-state index in [1.54, 1.807) is 0 Å². The van der Waals surface area contributed by atoms with E-state index in [4.69, 9.17) is 10.3 Å². The third kappa shape index (κ3) is 3.39. The molecule has 0 saturated carbocycles. The normalized spacial score (nSPS) is 12.6. The number of aromatic nitrogens is 2. The van der Waals surface area contributed by atoms with E-state index in [2.05, 4.69) is 41.3 Å². The van der Waals surface area contributed by atoms with Crippen LogP contribution in [0.25, 0.3) is 0 Å². The Morgan fingerprint density at radius 2 is 2.00 bits per heavy atom. The SMILES string of the molecule is Cc1ccc(Cc2noc(CC(C)N)n2)cc1. The molecule has 1 unspecified atom stereocenters. The molecule has 0 spiro atoms. The lowest BCUT2D eigenvalue weighted by Crippen LogP contribution is -2.17. The summed E-state index contributed by atoms with van der Waals surface area (Å²) in [6, 6.07) is 8.37. The van der Waals surface area contributed by atoms with Crippen molar-refractivity contribution in [3.05, 3.63) is 47.1 Å². The molecule has 2 aromatic rings. The van der Waals surface area contributed by atoms with Gasteiger partial charge in [-0.25, -0.2) is 0 Å². The average Bonchev–Trinajstić information content (AvgIpc) is 2.68. The van der Waals surface area contributed by atoms with E-state index < -0.39 is 0 Å². The first kappa shape index (κ1) is 11.8. The molecule has 0 saturated heterocycles. The first-order valence-corrected chi connectivity index (χ1v) is 5.76. The van der Waals surface area contributed by atoms with Gasteiger partial charge in [0.15, 0.2) is 5.82 Å². The molecule has 17 heavy (non-hydrogen) atoms. The molecule has 0 radical (unpaired) electrons. The van der Waals surface area contributed by atoms with Crippen LogP contribution in [0.5, 0.6) is 0 Å². The van der Waals surface area contributed by atoms with Gasteiger partial charge >= 0.3 is 0 Å². The minimum Gasteiger partial charge on any atom is -0.339 e. The molecule has 0 bridgehead atoms. The van der Waals surface area contributed by atoms with Crippen LogP contribution in [0.3, 0.4) is 0 Å². The van der Waals surface area contributed by atoms with E-state index in [-0.39, 0.29) is 6.04 Å². The molecule has 0 aliphatic rings. The zero-order valence-electron chi connectivity index (χ0n) is 10.2. The van der Waals surface area contributed by atoms with Gasteiger partial charge in [0.1, 0.15) is 0 Å². The monoisotopic (exact) mass is 231 g/mol. The van der Waals surface area contributed by atoms with Gasteiger partial charge in [0.25, 0.3) is 0 Å². The summed E-state index contributed by atoms with van der Waals surface area (Å²) in [6.45, 7) is 3.99. The van der Waals surface area contributed by atoms with Gasteiger partial charge in [-0.3, -0.25) is 0 Å². The fourth-order valence-electron chi connectivity index (χ4n) is 1.61. The fourth-order valence-corrected chi connectivity index (χ4v) is 1.61. The van der Waals surface area contributed by atoms with Gasteiger partial charge in [0.05, 0.1) is 0 Å². The Bertz CT molecular complexity index is 474. The van der Waals surface area contributed by atoms with Crippen molar-refractivity contribution < 1.29 is 4.52 Å². The standard InChI is InChI=1S/C13H17N3O/c1-9-3-5-11(6-4-9)8-12-15-13(17-16-12)7-10(2)14/h3-6,10H,7-8,14H2,1-2H3. The highest BCUT2D eigenvalue weighted by molar-refractivity contribution is 5.23. The summed E-state index contributed by atoms with van der Waals surface area (Å²) in [5.74, 6) is 1.33. The number of hydrogen-bond acceptors (Lipinski definition) is 4. The second kappa shape index (κ2) is 5.10. The first-order chi connectivity index (χ1) is 8.13. The lowest BCUT2D eigenvalue weighted by Gasteiger charge is -1.98. The molecule has 1 aromatic carbocycles. The van der Waals surface area contributed by atoms with E-state index in [9.17, 15) is 0 Å². The number of rotatable bonds is 4. The van der Waals surface area contributed by atoms with Gasteiger partial charge in [-0.1, -0.05) is 35.0 Å². The molecule has 0 fully saturated rings. The van der Waals surface area contributed by atoms with E-state index in [1.807, 2.05) is 6.92 Å².